The van der Waals surface area contributed by atoms with E-state index in [1.54, 1.807) is 0 Å². The molecule has 3 heterocycles. The van der Waals surface area contributed by atoms with Gasteiger partial charge < -0.3 is 4.90 Å². The molecule has 2 aromatic heterocycles. The molecule has 0 radical (unpaired) electrons. The Hall–Kier alpha value is -2.69. The minimum atomic E-state index is 0.0898. The molecule has 0 N–H and O–H groups in total. The molecule has 1 saturated heterocycles. The van der Waals surface area contributed by atoms with Crippen LogP contribution >= 0.6 is 0 Å². The zero-order valence-corrected chi connectivity index (χ0v) is 16.2. The molecule has 5 nitrogen and oxygen atoms in total. The Labute approximate surface area is 160 Å². The Balaban J connectivity index is 1.53. The van der Waals surface area contributed by atoms with Crippen molar-refractivity contribution in [1.29, 1.82) is 0 Å². The van der Waals surface area contributed by atoms with Gasteiger partial charge in [-0.05, 0) is 48.1 Å². The minimum Gasteiger partial charge on any atom is -0.338 e. The van der Waals surface area contributed by atoms with Crippen LogP contribution < -0.4 is 0 Å². The molecule has 140 valence electrons. The van der Waals surface area contributed by atoms with Crippen molar-refractivity contribution in [3.8, 4) is 0 Å². The zero-order valence-electron chi connectivity index (χ0n) is 16.2. The third-order valence-corrected chi connectivity index (χ3v) is 5.41. The lowest BCUT2D eigenvalue weighted by atomic mass is 9.86. The van der Waals surface area contributed by atoms with Crippen LogP contribution in [0.5, 0.6) is 0 Å². The zero-order chi connectivity index (χ0) is 19.0. The number of amides is 1. The SMILES string of the molecule is CC(C)(C)c1ccc(C(=O)N2CCCC(c3nnc4ccccn34)C2)cc1. The molecule has 1 amide bonds. The van der Waals surface area contributed by atoms with E-state index in [2.05, 4.69) is 43.1 Å². The van der Waals surface area contributed by atoms with Crippen LogP contribution in [0.3, 0.4) is 0 Å². The first kappa shape index (κ1) is 17.7. The molecule has 5 heteroatoms. The highest BCUT2D eigenvalue weighted by Gasteiger charge is 2.28. The highest BCUT2D eigenvalue weighted by atomic mass is 16.2. The third kappa shape index (κ3) is 3.46. The Morgan fingerprint density at radius 2 is 1.85 bits per heavy atom. The fourth-order valence-electron chi connectivity index (χ4n) is 3.81. The molecule has 4 rings (SSSR count). The van der Waals surface area contributed by atoms with Crippen molar-refractivity contribution in [3.63, 3.8) is 0 Å². The van der Waals surface area contributed by atoms with Gasteiger partial charge in [0.05, 0.1) is 0 Å². The van der Waals surface area contributed by atoms with Crippen LogP contribution in [0.1, 0.15) is 61.3 Å². The summed E-state index contributed by atoms with van der Waals surface area (Å²) in [7, 11) is 0. The van der Waals surface area contributed by atoms with Gasteiger partial charge in [0.1, 0.15) is 5.82 Å². The summed E-state index contributed by atoms with van der Waals surface area (Å²) in [4.78, 5) is 15.0. The van der Waals surface area contributed by atoms with Crippen LogP contribution in [0.4, 0.5) is 0 Å². The number of carbonyl (C=O) groups excluding carboxylic acids is 1. The van der Waals surface area contributed by atoms with E-state index in [-0.39, 0.29) is 17.2 Å². The summed E-state index contributed by atoms with van der Waals surface area (Å²) in [5, 5.41) is 8.66. The number of nitrogens with zero attached hydrogens (tertiary/aromatic N) is 4. The van der Waals surface area contributed by atoms with E-state index >= 15 is 0 Å². The number of hydrogen-bond acceptors (Lipinski definition) is 3. The molecule has 0 bridgehead atoms. The summed E-state index contributed by atoms with van der Waals surface area (Å²) in [5.74, 6) is 1.27. The van der Waals surface area contributed by atoms with Crippen molar-refractivity contribution in [2.75, 3.05) is 13.1 Å². The van der Waals surface area contributed by atoms with Crippen molar-refractivity contribution in [2.24, 2.45) is 0 Å². The van der Waals surface area contributed by atoms with Crippen molar-refractivity contribution >= 4 is 11.6 Å². The van der Waals surface area contributed by atoms with E-state index in [1.165, 1.54) is 5.56 Å². The second-order valence-corrected chi connectivity index (χ2v) is 8.40. The fourth-order valence-corrected chi connectivity index (χ4v) is 3.81. The highest BCUT2D eigenvalue weighted by molar-refractivity contribution is 5.94. The maximum absolute atomic E-state index is 13.0. The summed E-state index contributed by atoms with van der Waals surface area (Å²) in [6.07, 6.45) is 4.01. The van der Waals surface area contributed by atoms with Crippen LogP contribution in [0.2, 0.25) is 0 Å². The molecule has 1 aliphatic heterocycles. The maximum atomic E-state index is 13.0. The highest BCUT2D eigenvalue weighted by Crippen LogP contribution is 2.28. The monoisotopic (exact) mass is 362 g/mol. The molecule has 1 unspecified atom stereocenters. The Morgan fingerprint density at radius 3 is 2.59 bits per heavy atom. The molecule has 0 saturated carbocycles. The van der Waals surface area contributed by atoms with Gasteiger partial charge in [-0.25, -0.2) is 0 Å². The molecule has 1 fully saturated rings. The number of likely N-dealkylation sites (tertiary alicyclic amines) is 1. The summed E-state index contributed by atoms with van der Waals surface area (Å²) >= 11 is 0. The predicted molar refractivity (Wildman–Crippen MR) is 106 cm³/mol. The normalized spacial score (nSPS) is 18.0. The van der Waals surface area contributed by atoms with Crippen molar-refractivity contribution in [1.82, 2.24) is 19.5 Å². The molecule has 1 atom stereocenters. The molecular formula is C22H26N4O. The quantitative estimate of drug-likeness (QED) is 0.691. The first-order valence-electron chi connectivity index (χ1n) is 9.63. The van der Waals surface area contributed by atoms with Gasteiger partial charge in [0, 0.05) is 30.8 Å². The average molecular weight is 362 g/mol. The standard InChI is InChI=1S/C22H26N4O/c1-22(2,3)18-11-9-16(10-12-18)21(27)25-13-6-7-17(15-25)20-24-23-19-8-4-5-14-26(19)20/h4-5,8-12,14,17H,6-7,13,15H2,1-3H3. The largest absolute Gasteiger partial charge is 0.338 e. The molecule has 0 spiro atoms. The summed E-state index contributed by atoms with van der Waals surface area (Å²) in [6.45, 7) is 8.04. The number of rotatable bonds is 2. The van der Waals surface area contributed by atoms with E-state index < -0.39 is 0 Å². The van der Waals surface area contributed by atoms with Crippen molar-refractivity contribution in [2.45, 2.75) is 44.9 Å². The number of hydrogen-bond donors (Lipinski definition) is 0. The second kappa shape index (κ2) is 6.80. The fraction of sp³-hybridized carbons (Fsp3) is 0.409. The van der Waals surface area contributed by atoms with Crippen LogP contribution in [0.15, 0.2) is 48.7 Å². The van der Waals surface area contributed by atoms with E-state index in [0.717, 1.165) is 36.4 Å². The summed E-state index contributed by atoms with van der Waals surface area (Å²) < 4.78 is 2.04. The lowest BCUT2D eigenvalue weighted by Crippen LogP contribution is -2.39. The Morgan fingerprint density at radius 1 is 1.07 bits per heavy atom. The predicted octanol–water partition coefficient (Wildman–Crippen LogP) is 4.05. The van der Waals surface area contributed by atoms with Gasteiger partial charge in [0.2, 0.25) is 0 Å². The molecule has 1 aromatic carbocycles. The van der Waals surface area contributed by atoms with Gasteiger partial charge in [-0.2, -0.15) is 0 Å². The number of fused-ring (bicyclic) bond motifs is 1. The van der Waals surface area contributed by atoms with E-state index in [1.807, 2.05) is 45.8 Å². The third-order valence-electron chi connectivity index (χ3n) is 5.41. The Kier molecular flexibility index (Phi) is 4.46. The summed E-state index contributed by atoms with van der Waals surface area (Å²) in [5.41, 5.74) is 2.95. The van der Waals surface area contributed by atoms with Gasteiger partial charge in [-0.15, -0.1) is 10.2 Å². The molecule has 3 aromatic rings. The number of benzene rings is 1. The minimum absolute atomic E-state index is 0.0898. The maximum Gasteiger partial charge on any atom is 0.253 e. The first-order valence-corrected chi connectivity index (χ1v) is 9.63. The lowest BCUT2D eigenvalue weighted by Gasteiger charge is -2.32. The van der Waals surface area contributed by atoms with Gasteiger partial charge in [0.15, 0.2) is 5.65 Å². The van der Waals surface area contributed by atoms with Crippen LogP contribution in [0.25, 0.3) is 5.65 Å². The smallest absolute Gasteiger partial charge is 0.253 e. The van der Waals surface area contributed by atoms with Crippen LogP contribution in [0, 0.1) is 0 Å². The van der Waals surface area contributed by atoms with Gasteiger partial charge in [0.25, 0.3) is 5.91 Å². The van der Waals surface area contributed by atoms with Gasteiger partial charge >= 0.3 is 0 Å². The molecule has 27 heavy (non-hydrogen) atoms. The van der Waals surface area contributed by atoms with E-state index in [0.29, 0.717) is 6.54 Å². The lowest BCUT2D eigenvalue weighted by molar-refractivity contribution is 0.0704. The number of carbonyl (C=O) groups is 1. The van der Waals surface area contributed by atoms with Gasteiger partial charge in [-0.1, -0.05) is 39.0 Å². The Bertz CT molecular complexity index is 952. The van der Waals surface area contributed by atoms with Crippen LogP contribution in [-0.2, 0) is 5.41 Å². The molecule has 1 aliphatic rings. The first-order chi connectivity index (χ1) is 12.9. The molecular weight excluding hydrogens is 336 g/mol. The van der Waals surface area contributed by atoms with E-state index in [9.17, 15) is 4.79 Å². The second-order valence-electron chi connectivity index (χ2n) is 8.40. The van der Waals surface area contributed by atoms with Gasteiger partial charge in [-0.3, -0.25) is 9.20 Å². The number of aromatic nitrogens is 3. The summed E-state index contributed by atoms with van der Waals surface area (Å²) in [6, 6.07) is 14.0. The molecule has 0 aliphatic carbocycles. The van der Waals surface area contributed by atoms with Crippen molar-refractivity contribution < 1.29 is 4.79 Å². The topological polar surface area (TPSA) is 50.5 Å². The van der Waals surface area contributed by atoms with Crippen LogP contribution in [-0.4, -0.2) is 38.5 Å². The average Bonchev–Trinajstić information content (AvgIpc) is 3.11. The van der Waals surface area contributed by atoms with E-state index in [4.69, 9.17) is 0 Å². The van der Waals surface area contributed by atoms with Crippen molar-refractivity contribution in [3.05, 3.63) is 65.6 Å². The number of piperidine rings is 1. The number of pyridine rings is 1.